The zero-order valence-corrected chi connectivity index (χ0v) is 12.2. The van der Waals surface area contributed by atoms with E-state index in [1.165, 1.54) is 12.1 Å². The first-order valence-corrected chi connectivity index (χ1v) is 6.38. The normalized spacial score (nSPS) is 9.38. The average molecular weight is 292 g/mol. The molecule has 2 aromatic rings. The molecule has 2 rings (SSSR count). The Hall–Kier alpha value is -2.43. The van der Waals surface area contributed by atoms with Gasteiger partial charge < -0.3 is 10.6 Å². The maximum Gasteiger partial charge on any atom is 0.211 e. The number of hydrogen-bond donors (Lipinski definition) is 2. The number of nitrogens with one attached hydrogen (secondary N) is 2. The van der Waals surface area contributed by atoms with Crippen LogP contribution in [0.25, 0.3) is 0 Å². The van der Waals surface area contributed by atoms with Crippen LogP contribution in [0.1, 0.15) is 11.1 Å². The number of amides is 1. The smallest absolute Gasteiger partial charge is 0.211 e. The van der Waals surface area contributed by atoms with Gasteiger partial charge in [0.25, 0.3) is 0 Å². The molecule has 112 valence electrons. The minimum absolute atomic E-state index is 0.154. The Morgan fingerprint density at radius 3 is 2.10 bits per heavy atom. The maximum atomic E-state index is 12.7. The third-order valence-corrected chi connectivity index (χ3v) is 2.84. The van der Waals surface area contributed by atoms with Crippen LogP contribution in [0.15, 0.2) is 36.4 Å². The van der Waals surface area contributed by atoms with Crippen molar-refractivity contribution in [3.63, 3.8) is 0 Å². The summed E-state index contributed by atoms with van der Waals surface area (Å²) in [5.74, 6) is -0.462. The number of aryl methyl sites for hydroxylation is 2. The second kappa shape index (κ2) is 7.99. The van der Waals surface area contributed by atoms with Gasteiger partial charge in [0, 0.05) is 18.4 Å². The zero-order valence-electron chi connectivity index (χ0n) is 12.2. The van der Waals surface area contributed by atoms with Gasteiger partial charge in [-0.1, -0.05) is 6.07 Å². The van der Waals surface area contributed by atoms with Gasteiger partial charge in [-0.15, -0.1) is 0 Å². The third kappa shape index (κ3) is 5.22. The monoisotopic (exact) mass is 292 g/mol. The summed E-state index contributed by atoms with van der Waals surface area (Å²) in [5.41, 5.74) is 2.66. The van der Waals surface area contributed by atoms with E-state index in [0.717, 1.165) is 5.69 Å². The van der Waals surface area contributed by atoms with E-state index in [9.17, 15) is 13.6 Å². The van der Waals surface area contributed by atoms with Gasteiger partial charge in [0.05, 0.1) is 0 Å². The highest BCUT2D eigenvalue weighted by molar-refractivity contribution is 5.71. The molecule has 0 saturated carbocycles. The molecular formula is C16H18F2N2O. The summed E-state index contributed by atoms with van der Waals surface area (Å²) >= 11 is 0. The largest absolute Gasteiger partial charge is 0.388 e. The molecule has 3 nitrogen and oxygen atoms in total. The van der Waals surface area contributed by atoms with Gasteiger partial charge in [-0.05, 0) is 55.3 Å². The molecule has 0 fully saturated rings. The summed E-state index contributed by atoms with van der Waals surface area (Å²) in [6, 6.07) is 9.48. The van der Waals surface area contributed by atoms with E-state index in [2.05, 4.69) is 10.6 Å². The van der Waals surface area contributed by atoms with Gasteiger partial charge in [0.1, 0.15) is 11.6 Å². The maximum absolute atomic E-state index is 12.7. The van der Waals surface area contributed by atoms with Crippen LogP contribution < -0.4 is 10.6 Å². The van der Waals surface area contributed by atoms with Crippen molar-refractivity contribution in [3.05, 3.63) is 59.2 Å². The van der Waals surface area contributed by atoms with Crippen LogP contribution in [0.4, 0.5) is 20.2 Å². The number of anilines is 2. The van der Waals surface area contributed by atoms with E-state index in [1.54, 1.807) is 38.1 Å². The molecule has 5 heteroatoms. The number of halogens is 2. The first kappa shape index (κ1) is 16.6. The Labute approximate surface area is 123 Å². The molecule has 0 aliphatic carbocycles. The zero-order chi connectivity index (χ0) is 15.8. The van der Waals surface area contributed by atoms with Crippen molar-refractivity contribution in [3.8, 4) is 0 Å². The van der Waals surface area contributed by atoms with Crippen LogP contribution in [0.2, 0.25) is 0 Å². The Kier molecular flexibility index (Phi) is 6.33. The lowest BCUT2D eigenvalue weighted by Crippen LogP contribution is -1.94. The van der Waals surface area contributed by atoms with Crippen molar-refractivity contribution in [2.75, 3.05) is 17.7 Å². The number of benzene rings is 2. The highest BCUT2D eigenvalue weighted by Gasteiger charge is 1.97. The van der Waals surface area contributed by atoms with Crippen molar-refractivity contribution in [2.45, 2.75) is 13.8 Å². The second-order valence-electron chi connectivity index (χ2n) is 4.44. The van der Waals surface area contributed by atoms with Crippen molar-refractivity contribution < 1.29 is 13.6 Å². The van der Waals surface area contributed by atoms with E-state index >= 15 is 0 Å². The van der Waals surface area contributed by atoms with E-state index in [-0.39, 0.29) is 11.6 Å². The van der Waals surface area contributed by atoms with Gasteiger partial charge >= 0.3 is 0 Å². The van der Waals surface area contributed by atoms with E-state index in [4.69, 9.17) is 0 Å². The minimum Gasteiger partial charge on any atom is -0.388 e. The number of rotatable bonds is 3. The quantitative estimate of drug-likeness (QED) is 0.843. The van der Waals surface area contributed by atoms with E-state index in [0.29, 0.717) is 23.2 Å². The fourth-order valence-corrected chi connectivity index (χ4v) is 1.55. The summed E-state index contributed by atoms with van der Waals surface area (Å²) in [4.78, 5) is 9.94. The molecule has 0 saturated heterocycles. The molecule has 0 atom stereocenters. The Morgan fingerprint density at radius 1 is 0.905 bits per heavy atom. The number of carbonyl (C=O) groups excluding carboxylic acids is 1. The summed E-state index contributed by atoms with van der Waals surface area (Å²) in [6.07, 6.45) is 0.518. The summed E-state index contributed by atoms with van der Waals surface area (Å²) in [6.45, 7) is 3.41. The Morgan fingerprint density at radius 2 is 1.57 bits per heavy atom. The van der Waals surface area contributed by atoms with Crippen molar-refractivity contribution >= 4 is 17.8 Å². The molecule has 0 unspecified atom stereocenters. The summed E-state index contributed by atoms with van der Waals surface area (Å²) in [7, 11) is 1.81. The molecule has 2 aromatic carbocycles. The van der Waals surface area contributed by atoms with Crippen molar-refractivity contribution in [2.24, 2.45) is 0 Å². The lowest BCUT2D eigenvalue weighted by Gasteiger charge is -2.00. The van der Waals surface area contributed by atoms with E-state index in [1.807, 2.05) is 7.05 Å². The molecule has 21 heavy (non-hydrogen) atoms. The fraction of sp³-hybridized carbons (Fsp3) is 0.188. The molecule has 0 aliphatic rings. The van der Waals surface area contributed by atoms with Gasteiger partial charge in [-0.3, -0.25) is 4.79 Å². The lowest BCUT2D eigenvalue weighted by atomic mass is 10.2. The SMILES string of the molecule is CNc1ccc(F)c(C)c1.Cc1ccc(NC=O)cc1F. The highest BCUT2D eigenvalue weighted by Crippen LogP contribution is 2.13. The van der Waals surface area contributed by atoms with Gasteiger partial charge in [-0.25, -0.2) is 8.78 Å². The average Bonchev–Trinajstić information content (AvgIpc) is 2.47. The molecular weight excluding hydrogens is 274 g/mol. The Bertz CT molecular complexity index is 615. The second-order valence-corrected chi connectivity index (χ2v) is 4.44. The molecule has 0 spiro atoms. The van der Waals surface area contributed by atoms with Gasteiger partial charge in [0.15, 0.2) is 0 Å². The fourth-order valence-electron chi connectivity index (χ4n) is 1.55. The molecule has 0 bridgehead atoms. The van der Waals surface area contributed by atoms with Crippen molar-refractivity contribution in [1.29, 1.82) is 0 Å². The predicted molar refractivity (Wildman–Crippen MR) is 81.5 cm³/mol. The van der Waals surface area contributed by atoms with Crippen LogP contribution in [0.3, 0.4) is 0 Å². The summed E-state index contributed by atoms with van der Waals surface area (Å²) in [5, 5.41) is 5.28. The molecule has 0 radical (unpaired) electrons. The third-order valence-electron chi connectivity index (χ3n) is 2.84. The summed E-state index contributed by atoms with van der Waals surface area (Å²) < 4.78 is 25.4. The molecule has 0 heterocycles. The molecule has 2 N–H and O–H groups in total. The first-order chi connectivity index (χ1) is 9.97. The molecule has 1 amide bonds. The van der Waals surface area contributed by atoms with Crippen LogP contribution in [0, 0.1) is 25.5 Å². The molecule has 0 aliphatic heterocycles. The van der Waals surface area contributed by atoms with Crippen LogP contribution >= 0.6 is 0 Å². The minimum atomic E-state index is -0.308. The number of hydrogen-bond acceptors (Lipinski definition) is 2. The van der Waals surface area contributed by atoms with Crippen molar-refractivity contribution in [1.82, 2.24) is 0 Å². The van der Waals surface area contributed by atoms with E-state index < -0.39 is 0 Å². The standard InChI is InChI=1S/C8H8FNO.C8H10FN/c1-6-2-3-7(10-5-11)4-8(6)9;1-6-5-7(10-2)3-4-8(6)9/h2-5H,1H3,(H,10,11);3-5,10H,1-2H3. The van der Waals surface area contributed by atoms with Crippen LogP contribution in [-0.4, -0.2) is 13.5 Å². The van der Waals surface area contributed by atoms with Gasteiger partial charge in [0.2, 0.25) is 6.41 Å². The number of carbonyl (C=O) groups is 1. The predicted octanol–water partition coefficient (Wildman–Crippen LogP) is 3.88. The Balaban J connectivity index is 0.000000211. The first-order valence-electron chi connectivity index (χ1n) is 6.38. The lowest BCUT2D eigenvalue weighted by molar-refractivity contribution is -0.105. The molecule has 0 aromatic heterocycles. The highest BCUT2D eigenvalue weighted by atomic mass is 19.1. The van der Waals surface area contributed by atoms with Crippen LogP contribution in [-0.2, 0) is 4.79 Å². The topological polar surface area (TPSA) is 41.1 Å². The van der Waals surface area contributed by atoms with Gasteiger partial charge in [-0.2, -0.15) is 0 Å². The van der Waals surface area contributed by atoms with Crippen LogP contribution in [0.5, 0.6) is 0 Å².